The van der Waals surface area contributed by atoms with E-state index in [2.05, 4.69) is 36.5 Å². The van der Waals surface area contributed by atoms with Crippen molar-refractivity contribution in [1.82, 2.24) is 5.32 Å². The van der Waals surface area contributed by atoms with Gasteiger partial charge in [-0.2, -0.15) is 0 Å². The van der Waals surface area contributed by atoms with Crippen molar-refractivity contribution in [3.05, 3.63) is 35.4 Å². The van der Waals surface area contributed by atoms with Gasteiger partial charge < -0.3 is 10.1 Å². The third-order valence-corrected chi connectivity index (χ3v) is 2.60. The fourth-order valence-corrected chi connectivity index (χ4v) is 1.87. The minimum absolute atomic E-state index is 0.401. The Morgan fingerprint density at radius 3 is 3.14 bits per heavy atom. The zero-order valence-corrected chi connectivity index (χ0v) is 8.62. The van der Waals surface area contributed by atoms with E-state index in [9.17, 15) is 0 Å². The van der Waals surface area contributed by atoms with E-state index in [1.165, 1.54) is 11.1 Å². The van der Waals surface area contributed by atoms with Crippen molar-refractivity contribution in [3.63, 3.8) is 0 Å². The molecule has 1 N–H and O–H groups in total. The number of nitrogens with one attached hydrogen (secondary N) is 1. The van der Waals surface area contributed by atoms with Crippen LogP contribution in [0.25, 0.3) is 0 Å². The van der Waals surface area contributed by atoms with Crippen LogP contribution in [-0.2, 0) is 11.3 Å². The first kappa shape index (κ1) is 9.69. The summed E-state index contributed by atoms with van der Waals surface area (Å²) >= 11 is 0. The normalized spacial score (nSPS) is 19.6. The van der Waals surface area contributed by atoms with Crippen molar-refractivity contribution in [1.29, 1.82) is 0 Å². The lowest BCUT2D eigenvalue weighted by Gasteiger charge is -2.11. The molecule has 0 fully saturated rings. The van der Waals surface area contributed by atoms with Gasteiger partial charge >= 0.3 is 0 Å². The predicted octanol–water partition coefficient (Wildman–Crippen LogP) is 2.26. The second-order valence-corrected chi connectivity index (χ2v) is 3.71. The number of rotatable bonds is 4. The maximum absolute atomic E-state index is 5.56. The molecule has 14 heavy (non-hydrogen) atoms. The van der Waals surface area contributed by atoms with Crippen LogP contribution in [0.1, 0.15) is 30.5 Å². The molecule has 1 unspecified atom stereocenters. The van der Waals surface area contributed by atoms with Crippen LogP contribution in [0.5, 0.6) is 0 Å². The first-order valence-corrected chi connectivity index (χ1v) is 5.30. The Morgan fingerprint density at radius 2 is 2.29 bits per heavy atom. The van der Waals surface area contributed by atoms with E-state index in [0.29, 0.717) is 6.04 Å². The van der Waals surface area contributed by atoms with Crippen molar-refractivity contribution in [3.8, 4) is 0 Å². The number of fused-ring (bicyclic) bond motifs is 1. The predicted molar refractivity (Wildman–Crippen MR) is 57.1 cm³/mol. The van der Waals surface area contributed by atoms with E-state index in [0.717, 1.165) is 26.2 Å². The van der Waals surface area contributed by atoms with Crippen LogP contribution in [0.2, 0.25) is 0 Å². The lowest BCUT2D eigenvalue weighted by Crippen LogP contribution is -2.18. The van der Waals surface area contributed by atoms with Crippen LogP contribution in [0, 0.1) is 0 Å². The van der Waals surface area contributed by atoms with Crippen molar-refractivity contribution in [2.75, 3.05) is 13.2 Å². The second kappa shape index (κ2) is 4.58. The highest BCUT2D eigenvalue weighted by atomic mass is 16.5. The summed E-state index contributed by atoms with van der Waals surface area (Å²) in [5, 5.41) is 3.46. The molecule has 2 heteroatoms. The highest BCUT2D eigenvalue weighted by molar-refractivity contribution is 5.33. The highest BCUT2D eigenvalue weighted by Crippen LogP contribution is 2.24. The molecule has 0 saturated carbocycles. The van der Waals surface area contributed by atoms with Gasteiger partial charge in [0.1, 0.15) is 0 Å². The van der Waals surface area contributed by atoms with Crippen molar-refractivity contribution in [2.45, 2.75) is 25.9 Å². The average Bonchev–Trinajstić information content (AvgIpc) is 2.63. The fraction of sp³-hybridized carbons (Fsp3) is 0.500. The molecule has 0 bridgehead atoms. The lowest BCUT2D eigenvalue weighted by molar-refractivity contribution is 0.114. The molecule has 1 aliphatic heterocycles. The van der Waals surface area contributed by atoms with Gasteiger partial charge in [0.05, 0.1) is 12.6 Å². The maximum Gasteiger partial charge on any atom is 0.0661 e. The van der Waals surface area contributed by atoms with E-state index < -0.39 is 0 Å². The summed E-state index contributed by atoms with van der Waals surface area (Å²) in [6.45, 7) is 4.78. The Bertz CT molecular complexity index is 298. The summed E-state index contributed by atoms with van der Waals surface area (Å²) in [6.07, 6.45) is 1.09. The van der Waals surface area contributed by atoms with E-state index in [4.69, 9.17) is 4.74 Å². The standard InChI is InChI=1S/C12H17NO/c1-2-7-14-9-12-11-6-4-3-5-10(11)8-13-12/h3-6,12-13H,2,7-9H2,1H3. The Kier molecular flexibility index (Phi) is 3.17. The van der Waals surface area contributed by atoms with Crippen LogP contribution in [0.4, 0.5) is 0 Å². The molecule has 1 heterocycles. The minimum atomic E-state index is 0.401. The second-order valence-electron chi connectivity index (χ2n) is 3.71. The van der Waals surface area contributed by atoms with Crippen molar-refractivity contribution in [2.24, 2.45) is 0 Å². The van der Waals surface area contributed by atoms with Gasteiger partial charge in [-0.25, -0.2) is 0 Å². The molecule has 2 rings (SSSR count). The first-order chi connectivity index (χ1) is 6.92. The quantitative estimate of drug-likeness (QED) is 0.737. The summed E-state index contributed by atoms with van der Waals surface area (Å²) in [5.74, 6) is 0. The topological polar surface area (TPSA) is 21.3 Å². The first-order valence-electron chi connectivity index (χ1n) is 5.30. The van der Waals surface area contributed by atoms with Gasteiger partial charge in [-0.1, -0.05) is 31.2 Å². The van der Waals surface area contributed by atoms with Gasteiger partial charge in [0, 0.05) is 13.2 Å². The zero-order chi connectivity index (χ0) is 9.80. The molecule has 0 saturated heterocycles. The molecule has 1 aromatic carbocycles. The molecule has 0 aromatic heterocycles. The molecule has 0 radical (unpaired) electrons. The zero-order valence-electron chi connectivity index (χ0n) is 8.62. The van der Waals surface area contributed by atoms with Crippen LogP contribution < -0.4 is 5.32 Å². The Hall–Kier alpha value is -0.860. The number of benzene rings is 1. The molecule has 76 valence electrons. The lowest BCUT2D eigenvalue weighted by atomic mass is 10.1. The molecule has 0 spiro atoms. The number of ether oxygens (including phenoxy) is 1. The van der Waals surface area contributed by atoms with Gasteiger partial charge in [0.2, 0.25) is 0 Å². The monoisotopic (exact) mass is 191 g/mol. The SMILES string of the molecule is CCCOCC1NCc2ccccc21. The minimum Gasteiger partial charge on any atom is -0.379 e. The van der Waals surface area contributed by atoms with E-state index in [-0.39, 0.29) is 0 Å². The number of hydrogen-bond donors (Lipinski definition) is 1. The molecular weight excluding hydrogens is 174 g/mol. The van der Waals surface area contributed by atoms with Gasteiger partial charge in [-0.15, -0.1) is 0 Å². The maximum atomic E-state index is 5.56. The van der Waals surface area contributed by atoms with Crippen molar-refractivity contribution < 1.29 is 4.74 Å². The van der Waals surface area contributed by atoms with Gasteiger partial charge in [-0.3, -0.25) is 0 Å². The van der Waals surface area contributed by atoms with Crippen LogP contribution in [0.3, 0.4) is 0 Å². The third-order valence-electron chi connectivity index (χ3n) is 2.60. The summed E-state index contributed by atoms with van der Waals surface area (Å²) in [7, 11) is 0. The Morgan fingerprint density at radius 1 is 1.43 bits per heavy atom. The van der Waals surface area contributed by atoms with E-state index in [1.54, 1.807) is 0 Å². The summed E-state index contributed by atoms with van der Waals surface area (Å²) in [6, 6.07) is 8.96. The molecule has 0 amide bonds. The molecule has 0 aliphatic carbocycles. The summed E-state index contributed by atoms with van der Waals surface area (Å²) < 4.78 is 5.56. The number of hydrogen-bond acceptors (Lipinski definition) is 2. The average molecular weight is 191 g/mol. The van der Waals surface area contributed by atoms with Gasteiger partial charge in [0.25, 0.3) is 0 Å². The molecule has 2 nitrogen and oxygen atoms in total. The molecule has 1 atom stereocenters. The Balaban J connectivity index is 1.96. The fourth-order valence-electron chi connectivity index (χ4n) is 1.87. The Labute approximate surface area is 85.3 Å². The van der Waals surface area contributed by atoms with Gasteiger partial charge in [-0.05, 0) is 17.5 Å². The molecule has 1 aliphatic rings. The summed E-state index contributed by atoms with van der Waals surface area (Å²) in [4.78, 5) is 0. The van der Waals surface area contributed by atoms with Crippen LogP contribution >= 0.6 is 0 Å². The largest absolute Gasteiger partial charge is 0.379 e. The molecule has 1 aromatic rings. The summed E-state index contributed by atoms with van der Waals surface area (Å²) in [5.41, 5.74) is 2.82. The van der Waals surface area contributed by atoms with Crippen molar-refractivity contribution >= 4 is 0 Å². The third kappa shape index (κ3) is 1.97. The molecular formula is C12H17NO. The van der Waals surface area contributed by atoms with Crippen LogP contribution in [-0.4, -0.2) is 13.2 Å². The smallest absolute Gasteiger partial charge is 0.0661 e. The highest BCUT2D eigenvalue weighted by Gasteiger charge is 2.20. The van der Waals surface area contributed by atoms with E-state index in [1.807, 2.05) is 0 Å². The van der Waals surface area contributed by atoms with Gasteiger partial charge in [0.15, 0.2) is 0 Å². The van der Waals surface area contributed by atoms with Crippen LogP contribution in [0.15, 0.2) is 24.3 Å². The van der Waals surface area contributed by atoms with E-state index >= 15 is 0 Å².